The van der Waals surface area contributed by atoms with Crippen LogP contribution in [-0.2, 0) is 23.7 Å². The van der Waals surface area contributed by atoms with E-state index in [1.165, 1.54) is 0 Å². The molecule has 46 heavy (non-hydrogen) atoms. The molecule has 0 aromatic heterocycles. The maximum atomic E-state index is 13.1. The number of hydrogen-bond acceptors (Lipinski definition) is 18. The fourth-order valence-corrected chi connectivity index (χ4v) is 6.48. The average molecular weight is 668 g/mol. The Morgan fingerprint density at radius 1 is 0.913 bits per heavy atom. The molecular formula is C27H53N7O12. The molecule has 4 aliphatic rings. The van der Waals surface area contributed by atoms with Crippen LogP contribution >= 0.6 is 0 Å². The first-order valence-electron chi connectivity index (χ1n) is 15.8. The van der Waals surface area contributed by atoms with Gasteiger partial charge >= 0.3 is 0 Å². The molecule has 268 valence electrons. The van der Waals surface area contributed by atoms with Crippen molar-refractivity contribution >= 4 is 5.91 Å². The maximum absolute atomic E-state index is 13.1. The van der Waals surface area contributed by atoms with E-state index in [2.05, 4.69) is 10.6 Å². The quantitative estimate of drug-likeness (QED) is 0.0866. The Morgan fingerprint density at radius 2 is 1.57 bits per heavy atom. The lowest BCUT2D eigenvalue weighted by Crippen LogP contribution is -2.70. The van der Waals surface area contributed by atoms with Crippen molar-refractivity contribution in [1.29, 1.82) is 0 Å². The third-order valence-corrected chi connectivity index (χ3v) is 9.30. The van der Waals surface area contributed by atoms with E-state index in [-0.39, 0.29) is 44.8 Å². The summed E-state index contributed by atoms with van der Waals surface area (Å²) in [5.41, 5.74) is 28.1. The highest BCUT2D eigenvalue weighted by atomic mass is 16.7. The summed E-state index contributed by atoms with van der Waals surface area (Å²) in [6, 6.07) is -4.43. The SMILES string of the molecule is NCCC(O)CNC[C@H]1O[C@H](O[C@H]2[C@H](O)[C@@H](O[C@H]3O[C@H](CO)[C@@H](O)[C@H](N)[C@H]3O)[C@H](NC(=O)C3(O)CC(N)C3)C[C@@H]2N)[C@H](N)C[C@@H]1O. The Kier molecular flexibility index (Phi) is 13.1. The van der Waals surface area contributed by atoms with Crippen LogP contribution in [0.3, 0.4) is 0 Å². The van der Waals surface area contributed by atoms with Gasteiger partial charge in [0.05, 0.1) is 43.0 Å². The summed E-state index contributed by atoms with van der Waals surface area (Å²) in [7, 11) is 0. The molecule has 15 atom stereocenters. The fraction of sp³-hybridized carbons (Fsp3) is 0.963. The van der Waals surface area contributed by atoms with Crippen molar-refractivity contribution < 1.29 is 59.5 Å². The van der Waals surface area contributed by atoms with E-state index in [9.17, 15) is 40.5 Å². The van der Waals surface area contributed by atoms with Crippen molar-refractivity contribution in [3.63, 3.8) is 0 Å². The van der Waals surface area contributed by atoms with Gasteiger partial charge in [-0.3, -0.25) is 4.79 Å². The van der Waals surface area contributed by atoms with Crippen molar-refractivity contribution in [3.8, 4) is 0 Å². The molecule has 0 radical (unpaired) electrons. The largest absolute Gasteiger partial charge is 0.394 e. The second-order valence-electron chi connectivity index (χ2n) is 13.1. The predicted octanol–water partition coefficient (Wildman–Crippen LogP) is -7.95. The summed E-state index contributed by atoms with van der Waals surface area (Å²) in [5.74, 6) is -0.754. The van der Waals surface area contributed by atoms with Crippen LogP contribution in [0.15, 0.2) is 0 Å². The summed E-state index contributed by atoms with van der Waals surface area (Å²) in [4.78, 5) is 13.1. The first-order valence-corrected chi connectivity index (χ1v) is 15.8. The summed E-state index contributed by atoms with van der Waals surface area (Å²) in [6.07, 6.45) is -13.1. The second kappa shape index (κ2) is 16.0. The molecule has 2 aliphatic heterocycles. The lowest BCUT2D eigenvalue weighted by Gasteiger charge is -2.49. The zero-order valence-electron chi connectivity index (χ0n) is 25.7. The van der Waals surface area contributed by atoms with Gasteiger partial charge in [-0.15, -0.1) is 0 Å². The third kappa shape index (κ3) is 8.50. The molecule has 19 N–H and O–H groups in total. The highest BCUT2D eigenvalue weighted by Gasteiger charge is 2.53. The van der Waals surface area contributed by atoms with Crippen LogP contribution in [0.25, 0.3) is 0 Å². The molecule has 0 bridgehead atoms. The molecule has 0 spiro atoms. The number of hydrogen-bond donors (Lipinski definition) is 14. The zero-order chi connectivity index (χ0) is 33.9. The molecule has 2 saturated heterocycles. The maximum Gasteiger partial charge on any atom is 0.252 e. The summed E-state index contributed by atoms with van der Waals surface area (Å²) < 4.78 is 23.6. The minimum Gasteiger partial charge on any atom is -0.394 e. The lowest BCUT2D eigenvalue weighted by molar-refractivity contribution is -0.316. The van der Waals surface area contributed by atoms with Crippen molar-refractivity contribution in [3.05, 3.63) is 0 Å². The molecule has 19 heteroatoms. The standard InChI is InChI=1S/C27H53N7O12/c28-2-1-11(36)7-33-8-16-15(37)4-13(31)24(43-16)45-22-12(30)3-14(34-26(41)27(42)5-10(29)6-27)23(21(22)40)46-25-20(39)18(32)19(38)17(9-35)44-25/h10-25,33,35-40,42H,1-9,28-32H2,(H,34,41)/t10?,11?,12-,13+,14+,15-,16+,17+,18-,19+,20+,21-,22+,23-,24+,25+,27?/m0/s1. The van der Waals surface area contributed by atoms with Gasteiger partial charge in [0.2, 0.25) is 0 Å². The average Bonchev–Trinajstić information content (AvgIpc) is 2.98. The molecule has 2 aliphatic carbocycles. The van der Waals surface area contributed by atoms with Gasteiger partial charge < -0.3 is 94.0 Å². The van der Waals surface area contributed by atoms with E-state index in [4.69, 9.17) is 47.6 Å². The molecule has 4 rings (SSSR count). The number of amides is 1. The fourth-order valence-electron chi connectivity index (χ4n) is 6.48. The van der Waals surface area contributed by atoms with Crippen LogP contribution in [0.1, 0.15) is 32.1 Å². The van der Waals surface area contributed by atoms with Gasteiger partial charge in [-0.25, -0.2) is 0 Å². The van der Waals surface area contributed by atoms with Crippen LogP contribution in [-0.4, -0.2) is 171 Å². The van der Waals surface area contributed by atoms with Crippen LogP contribution in [0.2, 0.25) is 0 Å². The minimum absolute atomic E-state index is 0.0254. The van der Waals surface area contributed by atoms with Crippen LogP contribution in [0.4, 0.5) is 0 Å². The lowest BCUT2D eigenvalue weighted by atomic mass is 9.75. The van der Waals surface area contributed by atoms with Crippen LogP contribution in [0, 0.1) is 0 Å². The number of ether oxygens (including phenoxy) is 4. The molecule has 1 amide bonds. The number of nitrogens with one attached hydrogen (secondary N) is 2. The molecule has 19 nitrogen and oxygen atoms in total. The van der Waals surface area contributed by atoms with Crippen molar-refractivity contribution in [2.45, 2.75) is 135 Å². The van der Waals surface area contributed by atoms with E-state index in [1.807, 2.05) is 0 Å². The molecule has 0 aromatic rings. The third-order valence-electron chi connectivity index (χ3n) is 9.30. The molecule has 0 aromatic carbocycles. The molecule has 4 fully saturated rings. The summed E-state index contributed by atoms with van der Waals surface area (Å²) >= 11 is 0. The van der Waals surface area contributed by atoms with Crippen LogP contribution in [0.5, 0.6) is 0 Å². The van der Waals surface area contributed by atoms with Gasteiger partial charge in [0, 0.05) is 38.0 Å². The first kappa shape index (κ1) is 37.6. The van der Waals surface area contributed by atoms with Gasteiger partial charge in [-0.2, -0.15) is 0 Å². The predicted molar refractivity (Wildman–Crippen MR) is 158 cm³/mol. The molecule has 1 unspecified atom stereocenters. The minimum atomic E-state index is -1.73. The Balaban J connectivity index is 1.49. The molecule has 2 saturated carbocycles. The van der Waals surface area contributed by atoms with E-state index < -0.39 is 110 Å². The highest BCUT2D eigenvalue weighted by molar-refractivity contribution is 5.86. The van der Waals surface area contributed by atoms with Gasteiger partial charge in [-0.1, -0.05) is 0 Å². The van der Waals surface area contributed by atoms with Crippen LogP contribution < -0.4 is 39.3 Å². The summed E-state index contributed by atoms with van der Waals surface area (Å²) in [5, 5.41) is 79.1. The monoisotopic (exact) mass is 667 g/mol. The Labute approximate surface area is 266 Å². The number of carbonyl (C=O) groups is 1. The Morgan fingerprint density at radius 3 is 2.20 bits per heavy atom. The van der Waals surface area contributed by atoms with Gasteiger partial charge in [0.1, 0.15) is 42.2 Å². The van der Waals surface area contributed by atoms with E-state index in [0.29, 0.717) is 13.0 Å². The molecule has 2 heterocycles. The Hall–Kier alpha value is -1.21. The molecular weight excluding hydrogens is 614 g/mol. The second-order valence-corrected chi connectivity index (χ2v) is 13.1. The van der Waals surface area contributed by atoms with Gasteiger partial charge in [0.15, 0.2) is 12.6 Å². The van der Waals surface area contributed by atoms with E-state index in [1.54, 1.807) is 0 Å². The summed E-state index contributed by atoms with van der Waals surface area (Å²) in [6.45, 7) is 0.0281. The van der Waals surface area contributed by atoms with Crippen molar-refractivity contribution in [2.24, 2.45) is 28.7 Å². The van der Waals surface area contributed by atoms with E-state index in [0.717, 1.165) is 0 Å². The number of nitrogens with two attached hydrogens (primary N) is 5. The van der Waals surface area contributed by atoms with Crippen molar-refractivity contribution in [2.75, 3.05) is 26.2 Å². The number of rotatable bonds is 13. The smallest absolute Gasteiger partial charge is 0.252 e. The van der Waals surface area contributed by atoms with Gasteiger partial charge in [0.25, 0.3) is 5.91 Å². The van der Waals surface area contributed by atoms with Gasteiger partial charge in [-0.05, 0) is 25.8 Å². The van der Waals surface area contributed by atoms with Crippen molar-refractivity contribution in [1.82, 2.24) is 10.6 Å². The highest BCUT2D eigenvalue weighted by Crippen LogP contribution is 2.34. The normalized spacial score (nSPS) is 47.2. The number of aliphatic hydroxyl groups excluding tert-OH is 6. The Bertz CT molecular complexity index is 983. The first-order chi connectivity index (χ1) is 21.7. The van der Waals surface area contributed by atoms with E-state index >= 15 is 0 Å². The number of aliphatic hydroxyl groups is 7. The number of carbonyl (C=O) groups excluding carboxylic acids is 1. The zero-order valence-corrected chi connectivity index (χ0v) is 25.7. The topological polar surface area (TPSA) is 350 Å².